The molecule has 1 N–H and O–H groups in total. The highest BCUT2D eigenvalue weighted by molar-refractivity contribution is 5.97. The molecule has 0 saturated carbocycles. The average molecular weight is 518 g/mol. The Morgan fingerprint density at radius 2 is 1.54 bits per heavy atom. The van der Waals surface area contributed by atoms with Crippen LogP contribution in [-0.4, -0.2) is 21.6 Å². The van der Waals surface area contributed by atoms with Gasteiger partial charge in [-0.05, 0) is 72.4 Å². The summed E-state index contributed by atoms with van der Waals surface area (Å²) in [6.45, 7) is 4.80. The van der Waals surface area contributed by atoms with E-state index in [2.05, 4.69) is 12.2 Å². The summed E-state index contributed by atoms with van der Waals surface area (Å²) in [6, 6.07) is 30.2. The molecule has 196 valence electrons. The fourth-order valence-electron chi connectivity index (χ4n) is 4.79. The normalized spacial score (nSPS) is 11.0. The lowest BCUT2D eigenvalue weighted by Gasteiger charge is -2.16. The third-order valence-electron chi connectivity index (χ3n) is 7.14. The summed E-state index contributed by atoms with van der Waals surface area (Å²) in [7, 11) is 0. The molecule has 0 atom stereocenters. The van der Waals surface area contributed by atoms with Gasteiger partial charge in [0, 0.05) is 12.1 Å². The number of fused-ring (bicyclic) bond motifs is 1. The SMILES string of the molecule is CCc1ccc(-n2c(=O)c3ccc(C(=O)NCCc4ccccc4)cc3n(Cc3ccccc3C)c2=O)cc1. The molecular formula is C33H31N3O3. The first-order valence-corrected chi connectivity index (χ1v) is 13.2. The van der Waals surface area contributed by atoms with E-state index >= 15 is 0 Å². The Kier molecular flexibility index (Phi) is 7.55. The van der Waals surface area contributed by atoms with Gasteiger partial charge in [0.1, 0.15) is 0 Å². The second-order valence-electron chi connectivity index (χ2n) is 9.68. The summed E-state index contributed by atoms with van der Waals surface area (Å²) in [6.07, 6.45) is 1.57. The summed E-state index contributed by atoms with van der Waals surface area (Å²) in [4.78, 5) is 40.6. The lowest BCUT2D eigenvalue weighted by molar-refractivity contribution is 0.0954. The van der Waals surface area contributed by atoms with Gasteiger partial charge in [0.05, 0.1) is 23.1 Å². The Bertz CT molecular complexity index is 1750. The Hall–Kier alpha value is -4.71. The lowest BCUT2D eigenvalue weighted by atomic mass is 10.1. The maximum absolute atomic E-state index is 13.9. The van der Waals surface area contributed by atoms with Crippen LogP contribution < -0.4 is 16.6 Å². The minimum absolute atomic E-state index is 0.248. The molecule has 5 aromatic rings. The van der Waals surface area contributed by atoms with Crippen LogP contribution in [0.15, 0.2) is 107 Å². The van der Waals surface area contributed by atoms with Crippen LogP contribution in [0.4, 0.5) is 0 Å². The Morgan fingerprint density at radius 3 is 2.26 bits per heavy atom. The number of nitrogens with one attached hydrogen (secondary N) is 1. The van der Waals surface area contributed by atoms with Gasteiger partial charge >= 0.3 is 5.69 Å². The minimum atomic E-state index is -0.443. The van der Waals surface area contributed by atoms with Crippen LogP contribution in [0.1, 0.15) is 39.5 Å². The first-order valence-electron chi connectivity index (χ1n) is 13.2. The van der Waals surface area contributed by atoms with E-state index in [4.69, 9.17) is 0 Å². The first kappa shape index (κ1) is 25.9. The van der Waals surface area contributed by atoms with Crippen LogP contribution in [0.5, 0.6) is 0 Å². The Labute approximate surface area is 227 Å². The molecule has 4 aromatic carbocycles. The molecule has 1 amide bonds. The van der Waals surface area contributed by atoms with Gasteiger partial charge in [-0.1, -0.05) is 73.7 Å². The van der Waals surface area contributed by atoms with E-state index in [1.165, 1.54) is 4.57 Å². The number of rotatable bonds is 8. The van der Waals surface area contributed by atoms with Crippen LogP contribution in [0.25, 0.3) is 16.6 Å². The fraction of sp³-hybridized carbons (Fsp3) is 0.182. The molecule has 0 aliphatic carbocycles. The van der Waals surface area contributed by atoms with Crippen molar-refractivity contribution in [3.8, 4) is 5.69 Å². The van der Waals surface area contributed by atoms with E-state index < -0.39 is 11.2 Å². The molecule has 0 unspecified atom stereocenters. The molecule has 0 bridgehead atoms. The number of benzene rings is 4. The fourth-order valence-corrected chi connectivity index (χ4v) is 4.79. The molecule has 0 saturated heterocycles. The number of nitrogens with zero attached hydrogens (tertiary/aromatic N) is 2. The van der Waals surface area contributed by atoms with Gasteiger partial charge in [-0.15, -0.1) is 0 Å². The standard InChI is InChI=1S/C33H31N3O3/c1-3-24-13-16-28(17-14-24)36-32(38)29-18-15-26(31(37)34-20-19-25-10-5-4-6-11-25)21-30(29)35(33(36)39)22-27-12-8-7-9-23(27)2/h4-18,21H,3,19-20,22H2,1-2H3,(H,34,37). The van der Waals surface area contributed by atoms with Crippen molar-refractivity contribution in [2.75, 3.05) is 6.54 Å². The molecule has 0 radical (unpaired) electrons. The highest BCUT2D eigenvalue weighted by atomic mass is 16.2. The van der Waals surface area contributed by atoms with Crippen molar-refractivity contribution < 1.29 is 4.79 Å². The van der Waals surface area contributed by atoms with Gasteiger partial charge in [-0.25, -0.2) is 9.36 Å². The summed E-state index contributed by atoms with van der Waals surface area (Å²) >= 11 is 0. The molecular weight excluding hydrogens is 486 g/mol. The van der Waals surface area contributed by atoms with Crippen LogP contribution in [-0.2, 0) is 19.4 Å². The summed E-state index contributed by atoms with van der Waals surface area (Å²) < 4.78 is 2.81. The zero-order valence-electron chi connectivity index (χ0n) is 22.2. The van der Waals surface area contributed by atoms with Crippen molar-refractivity contribution in [2.45, 2.75) is 33.2 Å². The molecule has 1 heterocycles. The van der Waals surface area contributed by atoms with Gasteiger partial charge in [-0.2, -0.15) is 0 Å². The molecule has 0 aliphatic rings. The maximum Gasteiger partial charge on any atom is 0.336 e. The third-order valence-corrected chi connectivity index (χ3v) is 7.14. The van der Waals surface area contributed by atoms with Gasteiger partial charge in [0.25, 0.3) is 11.5 Å². The van der Waals surface area contributed by atoms with Crippen LogP contribution in [0.2, 0.25) is 0 Å². The Morgan fingerprint density at radius 1 is 0.821 bits per heavy atom. The van der Waals surface area contributed by atoms with Crippen molar-refractivity contribution in [2.24, 2.45) is 0 Å². The van der Waals surface area contributed by atoms with Gasteiger partial charge in [0.15, 0.2) is 0 Å². The van der Waals surface area contributed by atoms with Gasteiger partial charge in [0.2, 0.25) is 0 Å². The summed E-state index contributed by atoms with van der Waals surface area (Å²) in [5, 5.41) is 3.34. The highest BCUT2D eigenvalue weighted by Crippen LogP contribution is 2.17. The predicted molar refractivity (Wildman–Crippen MR) is 156 cm³/mol. The van der Waals surface area contributed by atoms with E-state index in [1.54, 1.807) is 34.9 Å². The average Bonchev–Trinajstić information content (AvgIpc) is 2.97. The van der Waals surface area contributed by atoms with E-state index in [-0.39, 0.29) is 12.5 Å². The largest absolute Gasteiger partial charge is 0.352 e. The predicted octanol–water partition coefficient (Wildman–Crippen LogP) is 5.04. The number of carbonyl (C=O) groups is 1. The minimum Gasteiger partial charge on any atom is -0.352 e. The summed E-state index contributed by atoms with van der Waals surface area (Å²) in [5.41, 5.74) is 4.76. The monoisotopic (exact) mass is 517 g/mol. The van der Waals surface area contributed by atoms with Crippen LogP contribution >= 0.6 is 0 Å². The van der Waals surface area contributed by atoms with Gasteiger partial charge in [-0.3, -0.25) is 14.2 Å². The van der Waals surface area contributed by atoms with E-state index in [1.807, 2.05) is 73.7 Å². The second-order valence-corrected chi connectivity index (χ2v) is 9.68. The van der Waals surface area contributed by atoms with E-state index in [0.29, 0.717) is 35.1 Å². The summed E-state index contributed by atoms with van der Waals surface area (Å²) in [5.74, 6) is -0.248. The molecule has 0 aliphatic heterocycles. The highest BCUT2D eigenvalue weighted by Gasteiger charge is 2.17. The van der Waals surface area contributed by atoms with Crippen LogP contribution in [0, 0.1) is 6.92 Å². The third kappa shape index (κ3) is 5.46. The molecule has 1 aromatic heterocycles. The van der Waals surface area contributed by atoms with E-state index in [9.17, 15) is 14.4 Å². The molecule has 5 rings (SSSR count). The Balaban J connectivity index is 1.58. The molecule has 0 spiro atoms. The van der Waals surface area contributed by atoms with Crippen LogP contribution in [0.3, 0.4) is 0 Å². The number of hydrogen-bond donors (Lipinski definition) is 1. The molecule has 0 fully saturated rings. The van der Waals surface area contributed by atoms with Crippen molar-refractivity contribution in [3.05, 3.63) is 146 Å². The van der Waals surface area contributed by atoms with Crippen molar-refractivity contribution in [3.63, 3.8) is 0 Å². The van der Waals surface area contributed by atoms with E-state index in [0.717, 1.165) is 28.7 Å². The number of aryl methyl sites for hydroxylation is 2. The smallest absolute Gasteiger partial charge is 0.336 e. The van der Waals surface area contributed by atoms with Gasteiger partial charge < -0.3 is 5.32 Å². The second kappa shape index (κ2) is 11.4. The van der Waals surface area contributed by atoms with Crippen molar-refractivity contribution in [1.82, 2.24) is 14.5 Å². The zero-order valence-corrected chi connectivity index (χ0v) is 22.2. The maximum atomic E-state index is 13.9. The lowest BCUT2D eigenvalue weighted by Crippen LogP contribution is -2.39. The number of amides is 1. The topological polar surface area (TPSA) is 73.1 Å². The number of aromatic nitrogens is 2. The van der Waals surface area contributed by atoms with Crippen molar-refractivity contribution in [1.29, 1.82) is 0 Å². The quantitative estimate of drug-likeness (QED) is 0.313. The molecule has 6 nitrogen and oxygen atoms in total. The zero-order chi connectivity index (χ0) is 27.4. The number of carbonyl (C=O) groups excluding carboxylic acids is 1. The number of hydrogen-bond acceptors (Lipinski definition) is 3. The molecule has 39 heavy (non-hydrogen) atoms. The first-order chi connectivity index (χ1) is 19.0. The van der Waals surface area contributed by atoms with Crippen molar-refractivity contribution >= 4 is 16.8 Å². The molecule has 6 heteroatoms.